The molecule has 2 heterocycles. The van der Waals surface area contributed by atoms with Crippen molar-refractivity contribution in [3.05, 3.63) is 102 Å². The largest absolute Gasteiger partial charge is 0.494 e. The van der Waals surface area contributed by atoms with E-state index in [0.29, 0.717) is 18.7 Å². The van der Waals surface area contributed by atoms with Crippen molar-refractivity contribution in [3.63, 3.8) is 0 Å². The molecular weight excluding hydrogens is 431 g/mol. The van der Waals surface area contributed by atoms with E-state index in [0.717, 1.165) is 22.5 Å². The Labute approximate surface area is 197 Å². The lowest BCUT2D eigenvalue weighted by Gasteiger charge is -2.19. The third-order valence-electron chi connectivity index (χ3n) is 5.39. The summed E-state index contributed by atoms with van der Waals surface area (Å²) in [4.78, 5) is 18.8. The third kappa shape index (κ3) is 5.20. The van der Waals surface area contributed by atoms with E-state index in [1.54, 1.807) is 40.2 Å². The number of carbonyl (C=O) groups is 1. The highest BCUT2D eigenvalue weighted by molar-refractivity contribution is 5.92. The van der Waals surface area contributed by atoms with Crippen LogP contribution in [0.1, 0.15) is 18.1 Å². The second kappa shape index (κ2) is 10.6. The number of benzene rings is 2. The Balaban J connectivity index is 1.59. The highest BCUT2D eigenvalue weighted by atomic mass is 19.1. The van der Waals surface area contributed by atoms with Crippen LogP contribution in [0.5, 0.6) is 5.75 Å². The fourth-order valence-electron chi connectivity index (χ4n) is 3.59. The van der Waals surface area contributed by atoms with Gasteiger partial charge in [-0.2, -0.15) is 5.10 Å². The quantitative estimate of drug-likeness (QED) is 0.344. The van der Waals surface area contributed by atoms with Gasteiger partial charge in [0.15, 0.2) is 11.6 Å². The molecule has 0 radical (unpaired) electrons. The normalized spacial score (nSPS) is 11.0. The minimum atomic E-state index is -0.450. The molecule has 0 unspecified atom stereocenters. The lowest BCUT2D eigenvalue weighted by atomic mass is 10.1. The van der Waals surface area contributed by atoms with E-state index in [1.165, 1.54) is 19.3 Å². The van der Waals surface area contributed by atoms with Gasteiger partial charge in [-0.05, 0) is 55.0 Å². The van der Waals surface area contributed by atoms with Gasteiger partial charge >= 0.3 is 0 Å². The average Bonchev–Trinajstić information content (AvgIpc) is 3.31. The van der Waals surface area contributed by atoms with Crippen molar-refractivity contribution in [3.8, 4) is 22.7 Å². The number of likely N-dealkylation sites (N-methyl/N-ethyl adjacent to an activating group) is 1. The molecule has 2 aromatic carbocycles. The van der Waals surface area contributed by atoms with E-state index in [-0.39, 0.29) is 11.7 Å². The minimum absolute atomic E-state index is 0.177. The van der Waals surface area contributed by atoms with Gasteiger partial charge < -0.3 is 9.64 Å². The standard InChI is InChI=1S/C27H25FN4O2/c1-3-31(18-20-11-13-25(34-2)24(28)16-20)26(33)14-12-22-19-32(23-9-5-4-6-10-23)30-27(22)21-8-7-15-29-17-21/h4-17,19H,3,18H2,1-2H3/b14-12+. The van der Waals surface area contributed by atoms with Crippen molar-refractivity contribution in [2.45, 2.75) is 13.5 Å². The predicted molar refractivity (Wildman–Crippen MR) is 130 cm³/mol. The first-order valence-corrected chi connectivity index (χ1v) is 10.9. The van der Waals surface area contributed by atoms with Crippen LogP contribution in [0.3, 0.4) is 0 Å². The summed E-state index contributed by atoms with van der Waals surface area (Å²) in [6.07, 6.45) is 8.62. The topological polar surface area (TPSA) is 60.2 Å². The summed E-state index contributed by atoms with van der Waals surface area (Å²) in [7, 11) is 1.42. The number of carbonyl (C=O) groups excluding carboxylic acids is 1. The molecule has 0 aliphatic carbocycles. The van der Waals surface area contributed by atoms with E-state index in [4.69, 9.17) is 9.84 Å². The number of aromatic nitrogens is 3. The number of ether oxygens (including phenoxy) is 1. The smallest absolute Gasteiger partial charge is 0.246 e. The number of hydrogen-bond acceptors (Lipinski definition) is 4. The molecule has 6 nitrogen and oxygen atoms in total. The lowest BCUT2D eigenvalue weighted by Crippen LogP contribution is -2.28. The first-order chi connectivity index (χ1) is 16.6. The van der Waals surface area contributed by atoms with E-state index in [2.05, 4.69) is 4.98 Å². The van der Waals surface area contributed by atoms with Crippen LogP contribution in [0.4, 0.5) is 4.39 Å². The van der Waals surface area contributed by atoms with Crippen molar-refractivity contribution >= 4 is 12.0 Å². The molecular formula is C27H25FN4O2. The van der Waals surface area contributed by atoms with Crippen molar-refractivity contribution in [2.75, 3.05) is 13.7 Å². The molecule has 0 spiro atoms. The SMILES string of the molecule is CCN(Cc1ccc(OC)c(F)c1)C(=O)/C=C/c1cn(-c2ccccc2)nc1-c1cccnc1. The Hall–Kier alpha value is -4.26. The van der Waals surface area contributed by atoms with Gasteiger partial charge in [-0.25, -0.2) is 9.07 Å². The average molecular weight is 457 g/mol. The number of para-hydroxylation sites is 1. The zero-order chi connectivity index (χ0) is 23.9. The van der Waals surface area contributed by atoms with Crippen molar-refractivity contribution in [1.82, 2.24) is 19.7 Å². The molecule has 0 saturated carbocycles. The van der Waals surface area contributed by atoms with Crippen LogP contribution in [0.25, 0.3) is 23.0 Å². The lowest BCUT2D eigenvalue weighted by molar-refractivity contribution is -0.126. The van der Waals surface area contributed by atoms with Gasteiger partial charge in [-0.15, -0.1) is 0 Å². The first kappa shape index (κ1) is 22.9. The number of pyridine rings is 1. The van der Waals surface area contributed by atoms with Crippen molar-refractivity contribution in [2.24, 2.45) is 0 Å². The molecule has 4 aromatic rings. The van der Waals surface area contributed by atoms with E-state index in [9.17, 15) is 9.18 Å². The van der Waals surface area contributed by atoms with Crippen LogP contribution < -0.4 is 4.74 Å². The molecule has 0 fully saturated rings. The molecule has 0 N–H and O–H groups in total. The van der Waals surface area contributed by atoms with Crippen LogP contribution in [0.15, 0.2) is 85.3 Å². The number of hydrogen-bond donors (Lipinski definition) is 0. The number of nitrogens with zero attached hydrogens (tertiary/aromatic N) is 4. The van der Waals surface area contributed by atoms with Gasteiger partial charge in [0.1, 0.15) is 5.69 Å². The van der Waals surface area contributed by atoms with Crippen LogP contribution in [-0.4, -0.2) is 39.2 Å². The molecule has 4 rings (SSSR count). The molecule has 0 bridgehead atoms. The van der Waals surface area contributed by atoms with Crippen LogP contribution in [0.2, 0.25) is 0 Å². The van der Waals surface area contributed by atoms with Gasteiger partial charge in [0.05, 0.1) is 12.8 Å². The van der Waals surface area contributed by atoms with Crippen molar-refractivity contribution < 1.29 is 13.9 Å². The molecule has 1 amide bonds. The van der Waals surface area contributed by atoms with Gasteiger partial charge in [0, 0.05) is 48.9 Å². The number of amides is 1. The van der Waals surface area contributed by atoms with Crippen LogP contribution in [-0.2, 0) is 11.3 Å². The Morgan fingerprint density at radius 3 is 2.65 bits per heavy atom. The summed E-state index contributed by atoms with van der Waals surface area (Å²) in [5.74, 6) is -0.451. The molecule has 7 heteroatoms. The second-order valence-corrected chi connectivity index (χ2v) is 7.61. The first-order valence-electron chi connectivity index (χ1n) is 10.9. The molecule has 0 saturated heterocycles. The summed E-state index contributed by atoms with van der Waals surface area (Å²) >= 11 is 0. The zero-order valence-corrected chi connectivity index (χ0v) is 19.1. The fourth-order valence-corrected chi connectivity index (χ4v) is 3.59. The Kier molecular flexibility index (Phi) is 7.13. The van der Waals surface area contributed by atoms with Gasteiger partial charge in [0.25, 0.3) is 0 Å². The highest BCUT2D eigenvalue weighted by Gasteiger charge is 2.14. The molecule has 172 valence electrons. The van der Waals surface area contributed by atoms with Gasteiger partial charge in [0.2, 0.25) is 5.91 Å². The third-order valence-corrected chi connectivity index (χ3v) is 5.39. The van der Waals surface area contributed by atoms with Crippen LogP contribution in [0, 0.1) is 5.82 Å². The zero-order valence-electron chi connectivity index (χ0n) is 19.1. The van der Waals surface area contributed by atoms with E-state index >= 15 is 0 Å². The maximum Gasteiger partial charge on any atom is 0.246 e. The fraction of sp³-hybridized carbons (Fsp3) is 0.148. The predicted octanol–water partition coefficient (Wildman–Crippen LogP) is 5.14. The molecule has 2 aromatic heterocycles. The number of methoxy groups -OCH3 is 1. The maximum absolute atomic E-state index is 14.1. The Bertz CT molecular complexity index is 1290. The number of halogens is 1. The number of rotatable bonds is 8. The van der Waals surface area contributed by atoms with Gasteiger partial charge in [-0.1, -0.05) is 24.3 Å². The van der Waals surface area contributed by atoms with E-state index < -0.39 is 5.82 Å². The monoisotopic (exact) mass is 456 g/mol. The van der Waals surface area contributed by atoms with Crippen LogP contribution >= 0.6 is 0 Å². The summed E-state index contributed by atoms with van der Waals surface area (Å²) in [5, 5.41) is 4.73. The maximum atomic E-state index is 14.1. The Morgan fingerprint density at radius 1 is 1.15 bits per heavy atom. The summed E-state index contributed by atoms with van der Waals surface area (Å²) in [5.41, 5.74) is 3.97. The van der Waals surface area contributed by atoms with Gasteiger partial charge in [-0.3, -0.25) is 9.78 Å². The molecule has 0 aliphatic heterocycles. The molecule has 34 heavy (non-hydrogen) atoms. The van der Waals surface area contributed by atoms with E-state index in [1.807, 2.05) is 55.6 Å². The highest BCUT2D eigenvalue weighted by Crippen LogP contribution is 2.24. The minimum Gasteiger partial charge on any atom is -0.494 e. The summed E-state index contributed by atoms with van der Waals surface area (Å²) < 4.78 is 20.8. The Morgan fingerprint density at radius 2 is 1.97 bits per heavy atom. The molecule has 0 aliphatic rings. The summed E-state index contributed by atoms with van der Waals surface area (Å²) in [6, 6.07) is 18.3. The molecule has 0 atom stereocenters. The van der Waals surface area contributed by atoms with Crippen molar-refractivity contribution in [1.29, 1.82) is 0 Å². The summed E-state index contributed by atoms with van der Waals surface area (Å²) in [6.45, 7) is 2.66. The second-order valence-electron chi connectivity index (χ2n) is 7.61.